The minimum absolute atomic E-state index is 0.287. The average molecular weight is 413 g/mol. The number of amides is 1. The van der Waals surface area contributed by atoms with Gasteiger partial charge in [0.15, 0.2) is 5.65 Å². The lowest BCUT2D eigenvalue weighted by atomic mass is 10.1. The summed E-state index contributed by atoms with van der Waals surface area (Å²) in [4.78, 5) is 15.9. The predicted molar refractivity (Wildman–Crippen MR) is 105 cm³/mol. The first kappa shape index (κ1) is 19.6. The Hall–Kier alpha value is -3.68. The molecule has 30 heavy (non-hydrogen) atoms. The van der Waals surface area contributed by atoms with Crippen LogP contribution in [-0.2, 0) is 11.0 Å². The molecule has 0 aliphatic carbocycles. The van der Waals surface area contributed by atoms with Gasteiger partial charge in [0, 0.05) is 29.8 Å². The summed E-state index contributed by atoms with van der Waals surface area (Å²) in [5, 5.41) is 2.65. The largest absolute Gasteiger partial charge is 0.416 e. The molecule has 0 bridgehead atoms. The van der Waals surface area contributed by atoms with Gasteiger partial charge in [0.1, 0.15) is 5.82 Å². The van der Waals surface area contributed by atoms with Gasteiger partial charge in [0.2, 0.25) is 5.91 Å². The van der Waals surface area contributed by atoms with Gasteiger partial charge >= 0.3 is 6.18 Å². The molecular formula is C22H15F4N3O. The molecule has 4 nitrogen and oxygen atoms in total. The van der Waals surface area contributed by atoms with Gasteiger partial charge in [-0.15, -0.1) is 0 Å². The van der Waals surface area contributed by atoms with E-state index in [1.165, 1.54) is 31.3 Å². The number of anilines is 1. The van der Waals surface area contributed by atoms with E-state index in [-0.39, 0.29) is 17.0 Å². The van der Waals surface area contributed by atoms with Crippen LogP contribution in [-0.4, -0.2) is 15.3 Å². The van der Waals surface area contributed by atoms with Gasteiger partial charge in [-0.1, -0.05) is 30.3 Å². The van der Waals surface area contributed by atoms with Crippen molar-refractivity contribution >= 4 is 17.2 Å². The Bertz CT molecular complexity index is 1260. The van der Waals surface area contributed by atoms with Crippen LogP contribution in [0.2, 0.25) is 0 Å². The zero-order valence-corrected chi connectivity index (χ0v) is 15.7. The van der Waals surface area contributed by atoms with Gasteiger partial charge in [-0.2, -0.15) is 13.2 Å². The maximum Gasteiger partial charge on any atom is 0.416 e. The number of hydrogen-bond donors (Lipinski definition) is 1. The van der Waals surface area contributed by atoms with Crippen molar-refractivity contribution in [1.29, 1.82) is 0 Å². The molecule has 152 valence electrons. The first-order chi connectivity index (χ1) is 14.2. The molecule has 0 aliphatic rings. The monoisotopic (exact) mass is 413 g/mol. The molecule has 4 rings (SSSR count). The molecule has 0 unspecified atom stereocenters. The second kappa shape index (κ2) is 7.29. The minimum Gasteiger partial charge on any atom is -0.323 e. The van der Waals surface area contributed by atoms with E-state index in [1.54, 1.807) is 34.9 Å². The molecule has 0 saturated carbocycles. The smallest absolute Gasteiger partial charge is 0.323 e. The summed E-state index contributed by atoms with van der Waals surface area (Å²) < 4.78 is 55.4. The van der Waals surface area contributed by atoms with Crippen LogP contribution in [0.3, 0.4) is 0 Å². The quantitative estimate of drug-likeness (QED) is 0.433. The first-order valence-electron chi connectivity index (χ1n) is 8.95. The Morgan fingerprint density at radius 3 is 2.50 bits per heavy atom. The SMILES string of the molecule is CC(=O)Nc1cc(-c2ccccc2F)cn2c(-c3cccc(C(F)(F)F)c3)cnc12. The maximum atomic E-state index is 14.4. The fraction of sp³-hybridized carbons (Fsp3) is 0.0909. The summed E-state index contributed by atoms with van der Waals surface area (Å²) >= 11 is 0. The number of fused-ring (bicyclic) bond motifs is 1. The van der Waals surface area contributed by atoms with E-state index in [0.717, 1.165) is 12.1 Å². The third kappa shape index (κ3) is 3.63. The molecule has 1 amide bonds. The number of halogens is 4. The molecule has 0 spiro atoms. The Balaban J connectivity index is 1.96. The van der Waals surface area contributed by atoms with Gasteiger partial charge in [-0.05, 0) is 24.3 Å². The lowest BCUT2D eigenvalue weighted by Crippen LogP contribution is -2.08. The fourth-order valence-corrected chi connectivity index (χ4v) is 3.28. The molecule has 0 saturated heterocycles. The van der Waals surface area contributed by atoms with Crippen LogP contribution in [0.4, 0.5) is 23.2 Å². The minimum atomic E-state index is -4.49. The van der Waals surface area contributed by atoms with Crippen molar-refractivity contribution in [1.82, 2.24) is 9.38 Å². The molecule has 2 aromatic heterocycles. The van der Waals surface area contributed by atoms with Crippen LogP contribution in [0.5, 0.6) is 0 Å². The second-order valence-corrected chi connectivity index (χ2v) is 6.72. The topological polar surface area (TPSA) is 46.4 Å². The number of aromatic nitrogens is 2. The standard InChI is InChI=1S/C22H15F4N3O/c1-13(30)28-19-10-15(17-7-2-3-8-18(17)23)12-29-20(11-27-21(19)29)14-5-4-6-16(9-14)22(24,25)26/h2-12H,1H3,(H,28,30). The van der Waals surface area contributed by atoms with Crippen LogP contribution < -0.4 is 5.32 Å². The highest BCUT2D eigenvalue weighted by molar-refractivity contribution is 5.94. The van der Waals surface area contributed by atoms with E-state index < -0.39 is 17.6 Å². The number of pyridine rings is 1. The third-order valence-corrected chi connectivity index (χ3v) is 4.59. The van der Waals surface area contributed by atoms with Crippen LogP contribution in [0, 0.1) is 5.82 Å². The molecule has 0 atom stereocenters. The van der Waals surface area contributed by atoms with Crippen LogP contribution >= 0.6 is 0 Å². The molecule has 2 aromatic carbocycles. The van der Waals surface area contributed by atoms with Crippen molar-refractivity contribution < 1.29 is 22.4 Å². The number of hydrogen-bond acceptors (Lipinski definition) is 2. The number of imidazole rings is 1. The number of nitrogens with one attached hydrogen (secondary N) is 1. The molecule has 1 N–H and O–H groups in total. The van der Waals surface area contributed by atoms with E-state index in [9.17, 15) is 22.4 Å². The summed E-state index contributed by atoms with van der Waals surface area (Å²) in [7, 11) is 0. The van der Waals surface area contributed by atoms with Gasteiger partial charge in [0.05, 0.1) is 23.1 Å². The van der Waals surface area contributed by atoms with Crippen molar-refractivity contribution in [2.75, 3.05) is 5.32 Å². The van der Waals surface area contributed by atoms with Gasteiger partial charge in [-0.3, -0.25) is 9.20 Å². The first-order valence-corrected chi connectivity index (χ1v) is 8.95. The van der Waals surface area contributed by atoms with E-state index in [1.807, 2.05) is 0 Å². The van der Waals surface area contributed by atoms with Gasteiger partial charge < -0.3 is 5.32 Å². The Kier molecular flexibility index (Phi) is 4.77. The molecule has 2 heterocycles. The highest BCUT2D eigenvalue weighted by atomic mass is 19.4. The van der Waals surface area contributed by atoms with E-state index in [4.69, 9.17) is 0 Å². The third-order valence-electron chi connectivity index (χ3n) is 4.59. The highest BCUT2D eigenvalue weighted by Gasteiger charge is 2.30. The highest BCUT2D eigenvalue weighted by Crippen LogP contribution is 2.34. The number of nitrogens with zero attached hydrogens (tertiary/aromatic N) is 2. The molecule has 0 aliphatic heterocycles. The zero-order valence-electron chi connectivity index (χ0n) is 15.7. The summed E-state index contributed by atoms with van der Waals surface area (Å²) in [5.41, 5.74) is 1.25. The van der Waals surface area contributed by atoms with E-state index in [0.29, 0.717) is 22.6 Å². The van der Waals surface area contributed by atoms with Crippen LogP contribution in [0.15, 0.2) is 67.0 Å². The Labute approximate surface area is 168 Å². The fourth-order valence-electron chi connectivity index (χ4n) is 3.28. The lowest BCUT2D eigenvalue weighted by molar-refractivity contribution is -0.137. The Morgan fingerprint density at radius 2 is 1.80 bits per heavy atom. The Morgan fingerprint density at radius 1 is 1.03 bits per heavy atom. The second-order valence-electron chi connectivity index (χ2n) is 6.72. The van der Waals surface area contributed by atoms with Crippen LogP contribution in [0.25, 0.3) is 28.0 Å². The van der Waals surface area contributed by atoms with Gasteiger partial charge in [0.25, 0.3) is 0 Å². The number of benzene rings is 2. The normalized spacial score (nSPS) is 11.6. The van der Waals surface area contributed by atoms with E-state index >= 15 is 0 Å². The van der Waals surface area contributed by atoms with Crippen LogP contribution in [0.1, 0.15) is 12.5 Å². The average Bonchev–Trinajstić information content (AvgIpc) is 3.12. The van der Waals surface area contributed by atoms with Crippen molar-refractivity contribution in [2.24, 2.45) is 0 Å². The molecular weight excluding hydrogens is 398 g/mol. The predicted octanol–water partition coefficient (Wildman–Crippen LogP) is 5.78. The summed E-state index contributed by atoms with van der Waals surface area (Å²) in [6, 6.07) is 12.5. The summed E-state index contributed by atoms with van der Waals surface area (Å²) in [6.07, 6.45) is -1.49. The van der Waals surface area contributed by atoms with Crippen molar-refractivity contribution in [3.05, 3.63) is 78.4 Å². The van der Waals surface area contributed by atoms with Crippen molar-refractivity contribution in [2.45, 2.75) is 13.1 Å². The van der Waals surface area contributed by atoms with Crippen molar-refractivity contribution in [3.8, 4) is 22.4 Å². The number of alkyl halides is 3. The molecule has 8 heteroatoms. The molecule has 4 aromatic rings. The van der Waals surface area contributed by atoms with E-state index in [2.05, 4.69) is 10.3 Å². The molecule has 0 radical (unpaired) electrons. The summed E-state index contributed by atoms with van der Waals surface area (Å²) in [6.45, 7) is 1.32. The number of carbonyl (C=O) groups excluding carboxylic acids is 1. The number of rotatable bonds is 3. The maximum absolute atomic E-state index is 14.4. The lowest BCUT2D eigenvalue weighted by Gasteiger charge is -2.12. The number of carbonyl (C=O) groups is 1. The van der Waals surface area contributed by atoms with Gasteiger partial charge in [-0.25, -0.2) is 9.37 Å². The zero-order chi connectivity index (χ0) is 21.5. The molecule has 0 fully saturated rings. The summed E-state index contributed by atoms with van der Waals surface area (Å²) in [5.74, 6) is -0.822. The van der Waals surface area contributed by atoms with Crippen molar-refractivity contribution in [3.63, 3.8) is 0 Å².